The second kappa shape index (κ2) is 5.27. The van der Waals surface area contributed by atoms with Gasteiger partial charge >= 0.3 is 0 Å². The molecule has 0 saturated carbocycles. The quantitative estimate of drug-likeness (QED) is 0.799. The highest BCUT2D eigenvalue weighted by molar-refractivity contribution is 6.01. The van der Waals surface area contributed by atoms with Crippen LogP contribution in [-0.2, 0) is 0 Å². The first-order valence-electron chi connectivity index (χ1n) is 6.39. The van der Waals surface area contributed by atoms with Crippen LogP contribution in [0.25, 0.3) is 11.1 Å². The number of nitrogens with zero attached hydrogens (tertiary/aromatic N) is 1. The number of rotatable bonds is 2. The van der Waals surface area contributed by atoms with Crippen LogP contribution < -0.4 is 0 Å². The van der Waals surface area contributed by atoms with Gasteiger partial charge < -0.3 is 4.90 Å². The molecule has 19 heavy (non-hydrogen) atoms. The van der Waals surface area contributed by atoms with Crippen molar-refractivity contribution in [1.82, 2.24) is 4.90 Å². The lowest BCUT2D eigenvalue weighted by Gasteiger charge is -2.16. The van der Waals surface area contributed by atoms with Crippen molar-refractivity contribution in [2.75, 3.05) is 14.1 Å². The first-order chi connectivity index (χ1) is 9.02. The zero-order chi connectivity index (χ0) is 14.0. The summed E-state index contributed by atoms with van der Waals surface area (Å²) in [5, 5.41) is 0. The van der Waals surface area contributed by atoms with Gasteiger partial charge in [0, 0.05) is 19.7 Å². The topological polar surface area (TPSA) is 20.3 Å². The Morgan fingerprint density at radius 3 is 2.21 bits per heavy atom. The summed E-state index contributed by atoms with van der Waals surface area (Å²) in [5.41, 5.74) is 5.35. The van der Waals surface area contributed by atoms with Gasteiger partial charge in [0.1, 0.15) is 0 Å². The smallest absolute Gasteiger partial charge is 0.253 e. The third-order valence-electron chi connectivity index (χ3n) is 3.46. The van der Waals surface area contributed by atoms with Gasteiger partial charge in [-0.1, -0.05) is 36.4 Å². The zero-order valence-corrected chi connectivity index (χ0v) is 11.9. The van der Waals surface area contributed by atoms with Crippen LogP contribution in [-0.4, -0.2) is 24.9 Å². The number of carbonyl (C=O) groups is 1. The van der Waals surface area contributed by atoms with E-state index < -0.39 is 0 Å². The maximum atomic E-state index is 12.3. The molecule has 0 aliphatic carbocycles. The van der Waals surface area contributed by atoms with E-state index in [9.17, 15) is 4.79 Å². The molecule has 0 saturated heterocycles. The van der Waals surface area contributed by atoms with Crippen LogP contribution in [0.5, 0.6) is 0 Å². The number of benzene rings is 2. The van der Waals surface area contributed by atoms with Gasteiger partial charge in [0.25, 0.3) is 5.91 Å². The van der Waals surface area contributed by atoms with E-state index in [0.717, 1.165) is 16.7 Å². The van der Waals surface area contributed by atoms with Gasteiger partial charge in [0.15, 0.2) is 0 Å². The highest BCUT2D eigenvalue weighted by Crippen LogP contribution is 2.28. The van der Waals surface area contributed by atoms with Gasteiger partial charge in [-0.2, -0.15) is 0 Å². The van der Waals surface area contributed by atoms with Crippen molar-refractivity contribution in [2.24, 2.45) is 0 Å². The molecule has 2 aromatic rings. The van der Waals surface area contributed by atoms with E-state index in [-0.39, 0.29) is 5.91 Å². The molecular formula is C17H19NO. The molecule has 0 aliphatic rings. The number of hydrogen-bond donors (Lipinski definition) is 0. The fourth-order valence-corrected chi connectivity index (χ4v) is 2.19. The molecule has 2 nitrogen and oxygen atoms in total. The van der Waals surface area contributed by atoms with Crippen LogP contribution in [0.4, 0.5) is 0 Å². The normalized spacial score (nSPS) is 10.3. The Bertz CT molecular complexity index is 614. The van der Waals surface area contributed by atoms with Crippen molar-refractivity contribution in [3.05, 3.63) is 59.2 Å². The van der Waals surface area contributed by atoms with E-state index >= 15 is 0 Å². The van der Waals surface area contributed by atoms with E-state index in [4.69, 9.17) is 0 Å². The summed E-state index contributed by atoms with van der Waals surface area (Å²) in [5.74, 6) is 0.0384. The Labute approximate surface area is 114 Å². The molecule has 0 aliphatic heterocycles. The summed E-state index contributed by atoms with van der Waals surface area (Å²) < 4.78 is 0. The van der Waals surface area contributed by atoms with E-state index in [1.807, 2.05) is 30.3 Å². The maximum Gasteiger partial charge on any atom is 0.253 e. The number of hydrogen-bond acceptors (Lipinski definition) is 1. The first kappa shape index (κ1) is 13.3. The average molecular weight is 253 g/mol. The van der Waals surface area contributed by atoms with Crippen LogP contribution in [0, 0.1) is 13.8 Å². The Morgan fingerprint density at radius 1 is 0.895 bits per heavy atom. The van der Waals surface area contributed by atoms with Crippen LogP contribution >= 0.6 is 0 Å². The summed E-state index contributed by atoms with van der Waals surface area (Å²) in [6, 6.07) is 14.0. The summed E-state index contributed by atoms with van der Waals surface area (Å²) in [4.78, 5) is 13.9. The highest BCUT2D eigenvalue weighted by atomic mass is 16.2. The average Bonchev–Trinajstić information content (AvgIpc) is 2.41. The van der Waals surface area contributed by atoms with Gasteiger partial charge in [0.05, 0.1) is 0 Å². The third-order valence-corrected chi connectivity index (χ3v) is 3.46. The molecule has 2 heteroatoms. The van der Waals surface area contributed by atoms with Crippen molar-refractivity contribution >= 4 is 5.91 Å². The van der Waals surface area contributed by atoms with Crippen LogP contribution in [0.2, 0.25) is 0 Å². The second-order valence-electron chi connectivity index (χ2n) is 4.99. The van der Waals surface area contributed by atoms with Crippen molar-refractivity contribution in [2.45, 2.75) is 13.8 Å². The molecule has 0 radical (unpaired) electrons. The largest absolute Gasteiger partial charge is 0.345 e. The molecule has 0 heterocycles. The molecule has 0 fully saturated rings. The summed E-state index contributed by atoms with van der Waals surface area (Å²) in [6.07, 6.45) is 0. The molecule has 2 rings (SSSR count). The number of aryl methyl sites for hydroxylation is 1. The zero-order valence-electron chi connectivity index (χ0n) is 11.9. The highest BCUT2D eigenvalue weighted by Gasteiger charge is 2.15. The number of carbonyl (C=O) groups excluding carboxylic acids is 1. The minimum Gasteiger partial charge on any atom is -0.345 e. The molecule has 0 N–H and O–H groups in total. The fraction of sp³-hybridized carbons (Fsp3) is 0.235. The van der Waals surface area contributed by atoms with Crippen molar-refractivity contribution in [3.8, 4) is 11.1 Å². The minimum atomic E-state index is 0.0384. The van der Waals surface area contributed by atoms with Crippen LogP contribution in [0.15, 0.2) is 42.5 Å². The first-order valence-corrected chi connectivity index (χ1v) is 6.39. The Balaban J connectivity index is 2.63. The van der Waals surface area contributed by atoms with Crippen molar-refractivity contribution in [3.63, 3.8) is 0 Å². The lowest BCUT2D eigenvalue weighted by atomic mass is 9.93. The molecular weight excluding hydrogens is 234 g/mol. The van der Waals surface area contributed by atoms with Crippen LogP contribution in [0.3, 0.4) is 0 Å². The molecule has 0 unspecified atom stereocenters. The lowest BCUT2D eigenvalue weighted by molar-refractivity contribution is 0.0828. The Kier molecular flexibility index (Phi) is 3.70. The second-order valence-corrected chi connectivity index (χ2v) is 4.99. The molecule has 2 aromatic carbocycles. The minimum absolute atomic E-state index is 0.0384. The SMILES string of the molecule is Cc1cccc(-c2ccccc2C(=O)N(C)C)c1C. The van der Waals surface area contributed by atoms with Gasteiger partial charge in [-0.3, -0.25) is 4.79 Å². The van der Waals surface area contributed by atoms with E-state index in [1.54, 1.807) is 19.0 Å². The molecule has 0 aromatic heterocycles. The standard InChI is InChI=1S/C17H19NO/c1-12-8-7-11-14(13(12)2)15-9-5-6-10-16(15)17(19)18(3)4/h5-11H,1-4H3. The van der Waals surface area contributed by atoms with E-state index in [0.29, 0.717) is 0 Å². The summed E-state index contributed by atoms with van der Waals surface area (Å²) in [6.45, 7) is 4.19. The number of amides is 1. The Hall–Kier alpha value is -2.09. The Morgan fingerprint density at radius 2 is 1.53 bits per heavy atom. The molecule has 1 amide bonds. The predicted molar refractivity (Wildman–Crippen MR) is 79.4 cm³/mol. The van der Waals surface area contributed by atoms with Gasteiger partial charge in [-0.05, 0) is 42.2 Å². The molecule has 0 bridgehead atoms. The van der Waals surface area contributed by atoms with Crippen molar-refractivity contribution < 1.29 is 4.79 Å². The fourth-order valence-electron chi connectivity index (χ4n) is 2.19. The molecule has 0 atom stereocenters. The maximum absolute atomic E-state index is 12.3. The molecule has 0 spiro atoms. The summed E-state index contributed by atoms with van der Waals surface area (Å²) >= 11 is 0. The summed E-state index contributed by atoms with van der Waals surface area (Å²) in [7, 11) is 3.56. The van der Waals surface area contributed by atoms with Gasteiger partial charge in [0.2, 0.25) is 0 Å². The lowest BCUT2D eigenvalue weighted by Crippen LogP contribution is -2.22. The molecule has 98 valence electrons. The van der Waals surface area contributed by atoms with Gasteiger partial charge in [-0.25, -0.2) is 0 Å². The van der Waals surface area contributed by atoms with E-state index in [1.165, 1.54) is 11.1 Å². The monoisotopic (exact) mass is 253 g/mol. The van der Waals surface area contributed by atoms with E-state index in [2.05, 4.69) is 26.0 Å². The van der Waals surface area contributed by atoms with Gasteiger partial charge in [-0.15, -0.1) is 0 Å². The van der Waals surface area contributed by atoms with Crippen LogP contribution in [0.1, 0.15) is 21.5 Å². The predicted octanol–water partition coefficient (Wildman–Crippen LogP) is 3.67. The third kappa shape index (κ3) is 2.53. The van der Waals surface area contributed by atoms with Crippen molar-refractivity contribution in [1.29, 1.82) is 0 Å².